The van der Waals surface area contributed by atoms with Crippen molar-refractivity contribution in [3.05, 3.63) is 71.8 Å². The molecular formula is C43H64N2O10. The van der Waals surface area contributed by atoms with Crippen molar-refractivity contribution in [1.29, 1.82) is 0 Å². The van der Waals surface area contributed by atoms with Gasteiger partial charge in [0.15, 0.2) is 0 Å². The van der Waals surface area contributed by atoms with Crippen LogP contribution in [-0.2, 0) is 56.1 Å². The summed E-state index contributed by atoms with van der Waals surface area (Å²) in [5.74, 6) is -2.27. The van der Waals surface area contributed by atoms with E-state index in [1.165, 1.54) is 44.9 Å². The third kappa shape index (κ3) is 27.0. The Morgan fingerprint density at radius 3 is 1.58 bits per heavy atom. The second-order valence-corrected chi connectivity index (χ2v) is 13.8. The fourth-order valence-corrected chi connectivity index (χ4v) is 5.84. The molecule has 1 unspecified atom stereocenters. The molecular weight excluding hydrogens is 704 g/mol. The van der Waals surface area contributed by atoms with Gasteiger partial charge >= 0.3 is 17.9 Å². The molecule has 0 saturated heterocycles. The highest BCUT2D eigenvalue weighted by Crippen LogP contribution is 2.15. The molecule has 306 valence electrons. The number of rotatable bonds is 34. The van der Waals surface area contributed by atoms with Gasteiger partial charge in [-0.2, -0.15) is 0 Å². The van der Waals surface area contributed by atoms with E-state index in [0.717, 1.165) is 56.1 Å². The number of nitrogens with one attached hydrogen (secondary N) is 2. The molecule has 0 bridgehead atoms. The normalized spacial score (nSPS) is 11.4. The maximum Gasteiger partial charge on any atom is 0.329 e. The minimum absolute atomic E-state index is 0.0166. The summed E-state index contributed by atoms with van der Waals surface area (Å²) in [5, 5.41) is 14.0. The molecule has 0 aliphatic carbocycles. The minimum Gasteiger partial charge on any atom is -0.480 e. The highest BCUT2D eigenvalue weighted by Gasteiger charge is 2.23. The third-order valence-electron chi connectivity index (χ3n) is 8.95. The molecule has 55 heavy (non-hydrogen) atoms. The first kappa shape index (κ1) is 46.9. The number of unbranched alkanes of at least 4 members (excludes halogenated alkanes) is 13. The summed E-state index contributed by atoms with van der Waals surface area (Å²) < 4.78 is 21.0. The van der Waals surface area contributed by atoms with Crippen LogP contribution in [0, 0.1) is 0 Å². The quantitative estimate of drug-likeness (QED) is 0.0489. The standard InChI is InChI=1S/C43H64N2O10/c46-39(44-29-30-52-31-32-53-35-41(48)49)28-27-38(43(51)55-34-37-23-17-14-18-24-37)45-40(47)25-19-11-9-7-5-3-1-2-4-6-8-10-12-20-26-42(50)54-33-36-21-15-13-16-22-36/h13-18,21-24,38H,1-12,19-20,25-35H2,(H,44,46)(H,45,47)(H,48,49). The number of esters is 2. The van der Waals surface area contributed by atoms with Crippen LogP contribution in [-0.4, -0.2) is 73.8 Å². The molecule has 12 nitrogen and oxygen atoms in total. The summed E-state index contributed by atoms with van der Waals surface area (Å²) in [7, 11) is 0. The SMILES string of the molecule is O=C(O)COCCOCCNC(=O)CCC(NC(=O)CCCCCCCCCCCCCCCCC(=O)OCc1ccccc1)C(=O)OCc1ccccc1. The van der Waals surface area contributed by atoms with Crippen LogP contribution < -0.4 is 10.6 Å². The lowest BCUT2D eigenvalue weighted by Crippen LogP contribution is -2.42. The maximum atomic E-state index is 12.9. The smallest absolute Gasteiger partial charge is 0.329 e. The number of carbonyl (C=O) groups excluding carboxylic acids is 4. The van der Waals surface area contributed by atoms with Gasteiger partial charge in [-0.05, 0) is 30.4 Å². The monoisotopic (exact) mass is 768 g/mol. The average Bonchev–Trinajstić information content (AvgIpc) is 3.19. The molecule has 2 aromatic carbocycles. The van der Waals surface area contributed by atoms with Gasteiger partial charge in [0, 0.05) is 25.8 Å². The van der Waals surface area contributed by atoms with Gasteiger partial charge in [-0.1, -0.05) is 138 Å². The predicted molar refractivity (Wildman–Crippen MR) is 210 cm³/mol. The number of hydrogen-bond acceptors (Lipinski definition) is 9. The topological polar surface area (TPSA) is 167 Å². The van der Waals surface area contributed by atoms with E-state index in [-0.39, 0.29) is 63.6 Å². The van der Waals surface area contributed by atoms with E-state index in [0.29, 0.717) is 19.4 Å². The van der Waals surface area contributed by atoms with E-state index in [9.17, 15) is 24.0 Å². The zero-order valence-corrected chi connectivity index (χ0v) is 32.6. The molecule has 0 spiro atoms. The molecule has 0 radical (unpaired) electrons. The van der Waals surface area contributed by atoms with E-state index in [4.69, 9.17) is 24.1 Å². The largest absolute Gasteiger partial charge is 0.480 e. The Kier molecular flexibility index (Phi) is 27.3. The molecule has 0 fully saturated rings. The lowest BCUT2D eigenvalue weighted by atomic mass is 10.0. The highest BCUT2D eigenvalue weighted by atomic mass is 16.5. The molecule has 2 rings (SSSR count). The fraction of sp³-hybridized carbons (Fsp3) is 0.605. The Balaban J connectivity index is 1.49. The number of carbonyl (C=O) groups is 5. The van der Waals surface area contributed by atoms with Crippen LogP contribution >= 0.6 is 0 Å². The van der Waals surface area contributed by atoms with Gasteiger partial charge in [-0.3, -0.25) is 14.4 Å². The van der Waals surface area contributed by atoms with Crippen LogP contribution in [0.2, 0.25) is 0 Å². The van der Waals surface area contributed by atoms with Crippen molar-refractivity contribution >= 4 is 29.7 Å². The second-order valence-electron chi connectivity index (χ2n) is 13.8. The Morgan fingerprint density at radius 1 is 0.545 bits per heavy atom. The summed E-state index contributed by atoms with van der Waals surface area (Å²) in [6.45, 7) is 0.830. The number of aliphatic carboxylic acids is 1. The summed E-state index contributed by atoms with van der Waals surface area (Å²) in [5.41, 5.74) is 1.84. The first-order valence-corrected chi connectivity index (χ1v) is 20.2. The van der Waals surface area contributed by atoms with Gasteiger partial charge in [0.05, 0.1) is 19.8 Å². The van der Waals surface area contributed by atoms with Gasteiger partial charge in [-0.15, -0.1) is 0 Å². The van der Waals surface area contributed by atoms with Crippen molar-refractivity contribution in [2.45, 2.75) is 135 Å². The van der Waals surface area contributed by atoms with Crippen LogP contribution in [0.25, 0.3) is 0 Å². The van der Waals surface area contributed by atoms with Crippen molar-refractivity contribution in [2.24, 2.45) is 0 Å². The second kappa shape index (κ2) is 32.0. The van der Waals surface area contributed by atoms with E-state index >= 15 is 0 Å². The van der Waals surface area contributed by atoms with E-state index in [1.54, 1.807) is 0 Å². The maximum absolute atomic E-state index is 12.9. The zero-order valence-electron chi connectivity index (χ0n) is 32.6. The number of hydrogen-bond donors (Lipinski definition) is 3. The Hall–Kier alpha value is -4.29. The molecule has 0 aromatic heterocycles. The molecule has 0 saturated carbocycles. The van der Waals surface area contributed by atoms with Gasteiger partial charge in [-0.25, -0.2) is 9.59 Å². The van der Waals surface area contributed by atoms with Crippen molar-refractivity contribution < 1.29 is 48.0 Å². The van der Waals surface area contributed by atoms with Crippen LogP contribution in [0.1, 0.15) is 127 Å². The molecule has 2 aromatic rings. The lowest BCUT2D eigenvalue weighted by molar-refractivity contribution is -0.149. The van der Waals surface area contributed by atoms with Crippen molar-refractivity contribution in [3.8, 4) is 0 Å². The molecule has 2 amide bonds. The predicted octanol–water partition coefficient (Wildman–Crippen LogP) is 7.21. The van der Waals surface area contributed by atoms with Crippen LogP contribution in [0.3, 0.4) is 0 Å². The molecule has 0 heterocycles. The highest BCUT2D eigenvalue weighted by molar-refractivity contribution is 5.85. The van der Waals surface area contributed by atoms with Crippen molar-refractivity contribution in [2.75, 3.05) is 33.0 Å². The fourth-order valence-electron chi connectivity index (χ4n) is 5.84. The number of carboxylic acids is 1. The number of amides is 2. The van der Waals surface area contributed by atoms with E-state index < -0.39 is 24.6 Å². The van der Waals surface area contributed by atoms with Crippen LogP contribution in [0.4, 0.5) is 0 Å². The molecule has 0 aliphatic heterocycles. The molecule has 12 heteroatoms. The summed E-state index contributed by atoms with van der Waals surface area (Å²) in [4.78, 5) is 60.4. The van der Waals surface area contributed by atoms with Gasteiger partial charge in [0.1, 0.15) is 25.9 Å². The molecule has 0 aliphatic rings. The first-order chi connectivity index (χ1) is 26.8. The summed E-state index contributed by atoms with van der Waals surface area (Å²) in [6.07, 6.45) is 16.5. The Morgan fingerprint density at radius 2 is 1.04 bits per heavy atom. The molecule has 1 atom stereocenters. The van der Waals surface area contributed by atoms with Crippen molar-refractivity contribution in [1.82, 2.24) is 10.6 Å². The van der Waals surface area contributed by atoms with E-state index in [1.807, 2.05) is 60.7 Å². The van der Waals surface area contributed by atoms with Gasteiger partial charge in [0.25, 0.3) is 0 Å². The lowest BCUT2D eigenvalue weighted by Gasteiger charge is -2.18. The van der Waals surface area contributed by atoms with Gasteiger partial charge in [0.2, 0.25) is 11.8 Å². The van der Waals surface area contributed by atoms with Crippen LogP contribution in [0.15, 0.2) is 60.7 Å². The number of benzene rings is 2. The summed E-state index contributed by atoms with van der Waals surface area (Å²) in [6, 6.07) is 18.1. The third-order valence-corrected chi connectivity index (χ3v) is 8.95. The minimum atomic E-state index is -1.05. The first-order valence-electron chi connectivity index (χ1n) is 20.2. The Labute approximate surface area is 327 Å². The van der Waals surface area contributed by atoms with Crippen LogP contribution in [0.5, 0.6) is 0 Å². The summed E-state index contributed by atoms with van der Waals surface area (Å²) >= 11 is 0. The van der Waals surface area contributed by atoms with E-state index in [2.05, 4.69) is 10.6 Å². The van der Waals surface area contributed by atoms with Crippen molar-refractivity contribution in [3.63, 3.8) is 0 Å². The average molecular weight is 769 g/mol. The van der Waals surface area contributed by atoms with Gasteiger partial charge < -0.3 is 34.7 Å². The number of carboxylic acid groups (broad SMARTS) is 1. The number of ether oxygens (including phenoxy) is 4. The Bertz CT molecular complexity index is 1330. The molecule has 3 N–H and O–H groups in total. The zero-order chi connectivity index (χ0) is 39.6.